The molecule has 1 aliphatic rings. The van der Waals surface area contributed by atoms with E-state index in [1.165, 1.54) is 19.3 Å². The van der Waals surface area contributed by atoms with E-state index < -0.39 is 0 Å². The van der Waals surface area contributed by atoms with E-state index in [1.54, 1.807) is 4.68 Å². The van der Waals surface area contributed by atoms with Gasteiger partial charge in [0.1, 0.15) is 5.15 Å². The highest BCUT2D eigenvalue weighted by Gasteiger charge is 2.26. The lowest BCUT2D eigenvalue weighted by molar-refractivity contribution is 0.109. The molecule has 0 bridgehead atoms. The van der Waals surface area contributed by atoms with Crippen molar-refractivity contribution in [2.75, 3.05) is 13.2 Å². The molecule has 1 aromatic rings. The minimum atomic E-state index is 0.253. The first-order valence-corrected chi connectivity index (χ1v) is 7.04. The number of halogens is 1. The molecule has 0 atom stereocenters. The summed E-state index contributed by atoms with van der Waals surface area (Å²) in [6.45, 7) is 4.05. The summed E-state index contributed by atoms with van der Waals surface area (Å²) in [6, 6.07) is 0.659. The largest absolute Gasteiger partial charge is 0.396 e. The molecule has 0 spiro atoms. The molecule has 5 heteroatoms. The van der Waals surface area contributed by atoms with Crippen LogP contribution in [0.1, 0.15) is 36.9 Å². The molecule has 0 aromatic carbocycles. The molecule has 1 saturated carbocycles. The molecule has 18 heavy (non-hydrogen) atoms. The Morgan fingerprint density at radius 1 is 1.50 bits per heavy atom. The van der Waals surface area contributed by atoms with Crippen molar-refractivity contribution in [3.05, 3.63) is 16.4 Å². The normalized spacial score (nSPS) is 16.3. The number of hydrogen-bond acceptors (Lipinski definition) is 3. The van der Waals surface area contributed by atoms with Crippen molar-refractivity contribution in [1.82, 2.24) is 14.7 Å². The lowest BCUT2D eigenvalue weighted by Gasteiger charge is -2.37. The fourth-order valence-electron chi connectivity index (χ4n) is 2.47. The summed E-state index contributed by atoms with van der Waals surface area (Å²) in [6.07, 6.45) is 4.68. The number of hydrogen-bond donors (Lipinski definition) is 1. The maximum atomic E-state index is 9.00. The number of aliphatic hydroxyl groups is 1. The summed E-state index contributed by atoms with van der Waals surface area (Å²) in [5.41, 5.74) is 2.14. The molecule has 102 valence electrons. The van der Waals surface area contributed by atoms with Crippen molar-refractivity contribution >= 4 is 11.6 Å². The summed E-state index contributed by atoms with van der Waals surface area (Å²) < 4.78 is 1.73. The highest BCUT2D eigenvalue weighted by atomic mass is 35.5. The van der Waals surface area contributed by atoms with Gasteiger partial charge in [0.2, 0.25) is 0 Å². The van der Waals surface area contributed by atoms with Gasteiger partial charge in [0.05, 0.1) is 5.69 Å². The molecule has 4 nitrogen and oxygen atoms in total. The van der Waals surface area contributed by atoms with Crippen LogP contribution < -0.4 is 0 Å². The van der Waals surface area contributed by atoms with Crippen molar-refractivity contribution < 1.29 is 5.11 Å². The predicted octanol–water partition coefficient (Wildman–Crippen LogP) is 2.12. The fraction of sp³-hybridized carbons (Fsp3) is 0.769. The maximum absolute atomic E-state index is 9.00. The third-order valence-corrected chi connectivity index (χ3v) is 4.30. The second-order valence-corrected chi connectivity index (χ2v) is 5.47. The van der Waals surface area contributed by atoms with Crippen LogP contribution in [0, 0.1) is 6.92 Å². The Bertz CT molecular complexity index is 401. The van der Waals surface area contributed by atoms with Gasteiger partial charge in [0, 0.05) is 38.3 Å². The van der Waals surface area contributed by atoms with Crippen LogP contribution in [0.2, 0.25) is 5.15 Å². The van der Waals surface area contributed by atoms with Crippen LogP contribution in [0.15, 0.2) is 0 Å². The lowest BCUT2D eigenvalue weighted by Crippen LogP contribution is -2.40. The summed E-state index contributed by atoms with van der Waals surface area (Å²) in [7, 11) is 1.88. The summed E-state index contributed by atoms with van der Waals surface area (Å²) in [4.78, 5) is 2.44. The van der Waals surface area contributed by atoms with Gasteiger partial charge in [-0.1, -0.05) is 18.0 Å². The Labute approximate surface area is 114 Å². The summed E-state index contributed by atoms with van der Waals surface area (Å²) in [5.74, 6) is 0. The Hall–Kier alpha value is -0.580. The van der Waals surface area contributed by atoms with E-state index in [9.17, 15) is 0 Å². The zero-order valence-corrected chi connectivity index (χ0v) is 11.9. The second kappa shape index (κ2) is 6.04. The Kier molecular flexibility index (Phi) is 4.65. The minimum Gasteiger partial charge on any atom is -0.396 e. The number of aromatic nitrogens is 2. The van der Waals surface area contributed by atoms with Crippen LogP contribution in [-0.2, 0) is 13.6 Å². The Morgan fingerprint density at radius 3 is 2.67 bits per heavy atom. The quantitative estimate of drug-likeness (QED) is 0.862. The smallest absolute Gasteiger partial charge is 0.131 e. The van der Waals surface area contributed by atoms with E-state index in [1.807, 2.05) is 14.0 Å². The molecule has 0 radical (unpaired) electrons. The van der Waals surface area contributed by atoms with Crippen LogP contribution in [0.3, 0.4) is 0 Å². The predicted molar refractivity (Wildman–Crippen MR) is 72.7 cm³/mol. The van der Waals surface area contributed by atoms with E-state index in [0.717, 1.165) is 35.9 Å². The van der Waals surface area contributed by atoms with E-state index in [-0.39, 0.29) is 6.61 Å². The third kappa shape index (κ3) is 2.87. The first-order valence-electron chi connectivity index (χ1n) is 6.66. The number of rotatable bonds is 6. The zero-order chi connectivity index (χ0) is 13.1. The molecule has 1 N–H and O–H groups in total. The Morgan fingerprint density at radius 2 is 2.22 bits per heavy atom. The van der Waals surface area contributed by atoms with Crippen LogP contribution in [0.5, 0.6) is 0 Å². The summed E-state index contributed by atoms with van der Waals surface area (Å²) in [5, 5.41) is 14.1. The molecule has 1 heterocycles. The fourth-order valence-corrected chi connectivity index (χ4v) is 2.71. The molecule has 0 unspecified atom stereocenters. The monoisotopic (exact) mass is 271 g/mol. The average molecular weight is 272 g/mol. The zero-order valence-electron chi connectivity index (χ0n) is 11.2. The van der Waals surface area contributed by atoms with Gasteiger partial charge in [-0.05, 0) is 26.2 Å². The standard InChI is InChI=1S/C13H22ClN3O/c1-10-12(13(14)16(2)15-10)9-17(7-4-8-18)11-5-3-6-11/h11,18H,3-9H2,1-2H3. The van der Waals surface area contributed by atoms with Gasteiger partial charge in [-0.2, -0.15) is 5.10 Å². The van der Waals surface area contributed by atoms with Gasteiger partial charge >= 0.3 is 0 Å². The first-order chi connectivity index (χ1) is 8.63. The van der Waals surface area contributed by atoms with Crippen LogP contribution in [0.4, 0.5) is 0 Å². The van der Waals surface area contributed by atoms with Crippen molar-refractivity contribution in [2.45, 2.75) is 45.2 Å². The lowest BCUT2D eigenvalue weighted by atomic mass is 9.91. The van der Waals surface area contributed by atoms with Crippen molar-refractivity contribution in [2.24, 2.45) is 7.05 Å². The average Bonchev–Trinajstić information content (AvgIpc) is 2.50. The van der Waals surface area contributed by atoms with Crippen LogP contribution >= 0.6 is 11.6 Å². The van der Waals surface area contributed by atoms with Crippen LogP contribution in [0.25, 0.3) is 0 Å². The second-order valence-electron chi connectivity index (χ2n) is 5.11. The van der Waals surface area contributed by atoms with Gasteiger partial charge in [-0.25, -0.2) is 0 Å². The molecule has 1 aromatic heterocycles. The van der Waals surface area contributed by atoms with Gasteiger partial charge < -0.3 is 5.11 Å². The molecule has 0 aliphatic heterocycles. The molecule has 1 aliphatic carbocycles. The van der Waals surface area contributed by atoms with Crippen molar-refractivity contribution in [3.8, 4) is 0 Å². The van der Waals surface area contributed by atoms with Crippen molar-refractivity contribution in [1.29, 1.82) is 0 Å². The first kappa shape index (κ1) is 13.8. The molecule has 1 fully saturated rings. The highest BCUT2D eigenvalue weighted by Crippen LogP contribution is 2.28. The van der Waals surface area contributed by atoms with Crippen molar-refractivity contribution in [3.63, 3.8) is 0 Å². The third-order valence-electron chi connectivity index (χ3n) is 3.83. The number of aryl methyl sites for hydroxylation is 2. The molecular formula is C13H22ClN3O. The molecule has 2 rings (SSSR count). The van der Waals surface area contributed by atoms with E-state index in [0.29, 0.717) is 6.04 Å². The maximum Gasteiger partial charge on any atom is 0.131 e. The topological polar surface area (TPSA) is 41.3 Å². The molecular weight excluding hydrogens is 250 g/mol. The summed E-state index contributed by atoms with van der Waals surface area (Å²) >= 11 is 6.28. The van der Waals surface area contributed by atoms with E-state index >= 15 is 0 Å². The van der Waals surface area contributed by atoms with E-state index in [4.69, 9.17) is 16.7 Å². The molecule has 0 amide bonds. The molecule has 0 saturated heterocycles. The number of aliphatic hydroxyl groups excluding tert-OH is 1. The van der Waals surface area contributed by atoms with Gasteiger partial charge in [0.15, 0.2) is 0 Å². The van der Waals surface area contributed by atoms with Gasteiger partial charge in [0.25, 0.3) is 0 Å². The highest BCUT2D eigenvalue weighted by molar-refractivity contribution is 6.30. The van der Waals surface area contributed by atoms with Gasteiger partial charge in [-0.15, -0.1) is 0 Å². The van der Waals surface area contributed by atoms with Crippen LogP contribution in [-0.4, -0.2) is 39.0 Å². The minimum absolute atomic E-state index is 0.253. The van der Waals surface area contributed by atoms with E-state index in [2.05, 4.69) is 10.00 Å². The van der Waals surface area contributed by atoms with Gasteiger partial charge in [-0.3, -0.25) is 9.58 Å². The Balaban J connectivity index is 2.07. The number of nitrogens with zero attached hydrogens (tertiary/aromatic N) is 3. The SMILES string of the molecule is Cc1nn(C)c(Cl)c1CN(CCCO)C1CCC1.